The summed E-state index contributed by atoms with van der Waals surface area (Å²) in [7, 11) is 0. The van der Waals surface area contributed by atoms with Gasteiger partial charge in [-0.15, -0.1) is 0 Å². The lowest BCUT2D eigenvalue weighted by Gasteiger charge is -2.31. The summed E-state index contributed by atoms with van der Waals surface area (Å²) in [5.41, 5.74) is 4.76. The molecule has 2 rings (SSSR count). The smallest absolute Gasteiger partial charge is 0.242 e. The predicted molar refractivity (Wildman–Crippen MR) is 137 cm³/mol. The zero-order valence-electron chi connectivity index (χ0n) is 21.4. The Morgan fingerprint density at radius 3 is 2.24 bits per heavy atom. The first-order valence-electron chi connectivity index (χ1n) is 12.4. The van der Waals surface area contributed by atoms with Crippen molar-refractivity contribution >= 4 is 11.8 Å². The molecule has 0 radical (unpaired) electrons. The molecule has 1 unspecified atom stereocenters. The van der Waals surface area contributed by atoms with E-state index < -0.39 is 6.04 Å². The third-order valence-electron chi connectivity index (χ3n) is 6.26. The lowest BCUT2D eigenvalue weighted by molar-refractivity contribution is -0.141. The highest BCUT2D eigenvalue weighted by Crippen LogP contribution is 2.23. The van der Waals surface area contributed by atoms with E-state index in [2.05, 4.69) is 70.3 Å². The second kappa shape index (κ2) is 12.6. The van der Waals surface area contributed by atoms with E-state index in [-0.39, 0.29) is 17.2 Å². The fourth-order valence-corrected chi connectivity index (χ4v) is 3.96. The van der Waals surface area contributed by atoms with Gasteiger partial charge >= 0.3 is 0 Å². The summed E-state index contributed by atoms with van der Waals surface area (Å²) in [6, 6.07) is 16.2. The number of hydrogen-bond acceptors (Lipinski definition) is 2. The second-order valence-corrected chi connectivity index (χ2v) is 9.96. The summed E-state index contributed by atoms with van der Waals surface area (Å²) in [6.45, 7) is 13.8. The van der Waals surface area contributed by atoms with E-state index >= 15 is 0 Å². The standard InChI is InChI=1S/C29H42N2O2/c1-7-9-20-30-28(33)26(8-2)31(21-24-13-11-10-12-22(24)3)27(32)19-16-23-14-17-25(18-15-23)29(4,5)6/h10-15,17-18,26H,7-9,16,19-21H2,1-6H3,(H,30,33). The van der Waals surface area contributed by atoms with Gasteiger partial charge in [0.25, 0.3) is 0 Å². The normalized spacial score (nSPS) is 12.3. The average molecular weight is 451 g/mol. The van der Waals surface area contributed by atoms with Crippen molar-refractivity contribution in [1.29, 1.82) is 0 Å². The van der Waals surface area contributed by atoms with Crippen LogP contribution in [0.25, 0.3) is 0 Å². The Bertz CT molecular complexity index is 897. The third-order valence-corrected chi connectivity index (χ3v) is 6.26. The van der Waals surface area contributed by atoms with Crippen LogP contribution in [0.5, 0.6) is 0 Å². The molecule has 0 spiro atoms. The fraction of sp³-hybridized carbons (Fsp3) is 0.517. The molecule has 0 saturated heterocycles. The van der Waals surface area contributed by atoms with Crippen LogP contribution in [-0.2, 0) is 28.0 Å². The molecule has 0 fully saturated rings. The van der Waals surface area contributed by atoms with Crippen LogP contribution in [0.15, 0.2) is 48.5 Å². The number of rotatable bonds is 11. The van der Waals surface area contributed by atoms with Gasteiger partial charge in [-0.25, -0.2) is 0 Å². The van der Waals surface area contributed by atoms with E-state index in [9.17, 15) is 9.59 Å². The highest BCUT2D eigenvalue weighted by Gasteiger charge is 2.28. The molecule has 4 heteroatoms. The number of carbonyl (C=O) groups excluding carboxylic acids is 2. The highest BCUT2D eigenvalue weighted by atomic mass is 16.2. The average Bonchev–Trinajstić information content (AvgIpc) is 2.78. The minimum atomic E-state index is -0.461. The summed E-state index contributed by atoms with van der Waals surface area (Å²) in [5.74, 6) is -0.0296. The van der Waals surface area contributed by atoms with Crippen molar-refractivity contribution < 1.29 is 9.59 Å². The van der Waals surface area contributed by atoms with Gasteiger partial charge in [-0.05, 0) is 53.9 Å². The predicted octanol–water partition coefficient (Wildman–Crippen LogP) is 5.95. The van der Waals surface area contributed by atoms with E-state index in [1.165, 1.54) is 5.56 Å². The molecular formula is C29H42N2O2. The zero-order chi connectivity index (χ0) is 24.4. The molecule has 2 aromatic carbocycles. The lowest BCUT2D eigenvalue weighted by Crippen LogP contribution is -2.49. The number of nitrogens with zero attached hydrogens (tertiary/aromatic N) is 1. The maximum Gasteiger partial charge on any atom is 0.242 e. The number of unbranched alkanes of at least 4 members (excludes halogenated alkanes) is 1. The quantitative estimate of drug-likeness (QED) is 0.430. The van der Waals surface area contributed by atoms with Crippen LogP contribution < -0.4 is 5.32 Å². The Kier molecular flexibility index (Phi) is 10.1. The van der Waals surface area contributed by atoms with Gasteiger partial charge in [-0.2, -0.15) is 0 Å². The Morgan fingerprint density at radius 2 is 1.67 bits per heavy atom. The van der Waals surface area contributed by atoms with Gasteiger partial charge in [0, 0.05) is 19.5 Å². The number of carbonyl (C=O) groups is 2. The van der Waals surface area contributed by atoms with Crippen LogP contribution >= 0.6 is 0 Å². The van der Waals surface area contributed by atoms with Crippen molar-refractivity contribution in [3.63, 3.8) is 0 Å². The van der Waals surface area contributed by atoms with Crippen molar-refractivity contribution in [3.8, 4) is 0 Å². The molecule has 180 valence electrons. The number of aryl methyl sites for hydroxylation is 2. The van der Waals surface area contributed by atoms with Crippen molar-refractivity contribution in [2.45, 2.75) is 91.6 Å². The van der Waals surface area contributed by atoms with Gasteiger partial charge in [0.05, 0.1) is 0 Å². The molecule has 0 heterocycles. The molecule has 0 aliphatic carbocycles. The monoisotopic (exact) mass is 450 g/mol. The molecule has 4 nitrogen and oxygen atoms in total. The summed E-state index contributed by atoms with van der Waals surface area (Å²) in [4.78, 5) is 28.2. The maximum absolute atomic E-state index is 13.4. The van der Waals surface area contributed by atoms with Crippen LogP contribution in [0, 0.1) is 6.92 Å². The van der Waals surface area contributed by atoms with Gasteiger partial charge in [0.1, 0.15) is 6.04 Å². The van der Waals surface area contributed by atoms with Gasteiger partial charge in [0.2, 0.25) is 11.8 Å². The largest absolute Gasteiger partial charge is 0.354 e. The van der Waals surface area contributed by atoms with Crippen LogP contribution in [-0.4, -0.2) is 29.3 Å². The third kappa shape index (κ3) is 8.03. The van der Waals surface area contributed by atoms with E-state index in [1.807, 2.05) is 25.1 Å². The SMILES string of the molecule is CCCCNC(=O)C(CC)N(Cc1ccccc1C)C(=O)CCc1ccc(C(C)(C)C)cc1. The molecule has 1 atom stereocenters. The summed E-state index contributed by atoms with van der Waals surface area (Å²) in [6.07, 6.45) is 3.62. The highest BCUT2D eigenvalue weighted by molar-refractivity contribution is 5.87. The summed E-state index contributed by atoms with van der Waals surface area (Å²) < 4.78 is 0. The second-order valence-electron chi connectivity index (χ2n) is 9.96. The van der Waals surface area contributed by atoms with E-state index in [0.29, 0.717) is 32.4 Å². The summed E-state index contributed by atoms with van der Waals surface area (Å²) >= 11 is 0. The minimum absolute atomic E-state index is 0.0237. The molecule has 0 aliphatic rings. The molecular weight excluding hydrogens is 408 g/mol. The topological polar surface area (TPSA) is 49.4 Å². The summed E-state index contributed by atoms with van der Waals surface area (Å²) in [5, 5.41) is 3.03. The molecule has 0 saturated carbocycles. The first kappa shape index (κ1) is 26.6. The number of nitrogens with one attached hydrogen (secondary N) is 1. The van der Waals surface area contributed by atoms with Gasteiger partial charge in [0.15, 0.2) is 0 Å². The molecule has 1 N–H and O–H groups in total. The maximum atomic E-state index is 13.4. The molecule has 33 heavy (non-hydrogen) atoms. The number of benzene rings is 2. The fourth-order valence-electron chi connectivity index (χ4n) is 3.96. The molecule has 2 aromatic rings. The minimum Gasteiger partial charge on any atom is -0.354 e. The van der Waals surface area contributed by atoms with E-state index in [4.69, 9.17) is 0 Å². The van der Waals surface area contributed by atoms with Crippen LogP contribution in [0.1, 0.15) is 82.6 Å². The van der Waals surface area contributed by atoms with Crippen LogP contribution in [0.4, 0.5) is 0 Å². The van der Waals surface area contributed by atoms with Crippen molar-refractivity contribution in [2.24, 2.45) is 0 Å². The Labute approximate surface area is 200 Å². The first-order valence-corrected chi connectivity index (χ1v) is 12.4. The van der Waals surface area contributed by atoms with Crippen molar-refractivity contribution in [3.05, 3.63) is 70.8 Å². The van der Waals surface area contributed by atoms with E-state index in [0.717, 1.165) is 29.5 Å². The van der Waals surface area contributed by atoms with E-state index in [1.54, 1.807) is 4.90 Å². The van der Waals surface area contributed by atoms with Crippen molar-refractivity contribution in [2.75, 3.05) is 6.54 Å². The molecule has 0 aromatic heterocycles. The molecule has 0 aliphatic heterocycles. The lowest BCUT2D eigenvalue weighted by atomic mass is 9.86. The Hall–Kier alpha value is -2.62. The van der Waals surface area contributed by atoms with Gasteiger partial charge < -0.3 is 10.2 Å². The zero-order valence-corrected chi connectivity index (χ0v) is 21.4. The van der Waals surface area contributed by atoms with Crippen LogP contribution in [0.2, 0.25) is 0 Å². The van der Waals surface area contributed by atoms with Crippen LogP contribution in [0.3, 0.4) is 0 Å². The van der Waals surface area contributed by atoms with Crippen molar-refractivity contribution in [1.82, 2.24) is 10.2 Å². The van der Waals surface area contributed by atoms with Gasteiger partial charge in [-0.1, -0.05) is 89.6 Å². The number of hydrogen-bond donors (Lipinski definition) is 1. The molecule has 0 bridgehead atoms. The number of amides is 2. The first-order chi connectivity index (χ1) is 15.7. The van der Waals surface area contributed by atoms with Gasteiger partial charge in [-0.3, -0.25) is 9.59 Å². The Morgan fingerprint density at radius 1 is 1.00 bits per heavy atom. The molecule has 2 amide bonds. The Balaban J connectivity index is 2.17.